The Morgan fingerprint density at radius 1 is 1.00 bits per heavy atom. The number of nitrogens with zero attached hydrogens (tertiary/aromatic N) is 3. The van der Waals surface area contributed by atoms with Gasteiger partial charge in [0.25, 0.3) is 5.91 Å². The molecule has 0 atom stereocenters. The summed E-state index contributed by atoms with van der Waals surface area (Å²) >= 11 is 1.72. The van der Waals surface area contributed by atoms with Gasteiger partial charge < -0.3 is 5.32 Å². The first-order chi connectivity index (χ1) is 15.2. The Balaban J connectivity index is 1.46. The number of anilines is 1. The number of aromatic nitrogens is 3. The van der Waals surface area contributed by atoms with Crippen molar-refractivity contribution in [1.29, 1.82) is 0 Å². The first-order valence-corrected chi connectivity index (χ1v) is 11.2. The number of hydrogen-bond donors (Lipinski definition) is 1. The van der Waals surface area contributed by atoms with Crippen molar-refractivity contribution in [1.82, 2.24) is 14.8 Å². The molecule has 6 heteroatoms. The van der Waals surface area contributed by atoms with Crippen LogP contribution in [0, 0.1) is 0 Å². The van der Waals surface area contributed by atoms with Crippen molar-refractivity contribution in [2.75, 3.05) is 11.6 Å². The van der Waals surface area contributed by atoms with E-state index in [9.17, 15) is 4.79 Å². The zero-order valence-corrected chi connectivity index (χ0v) is 17.8. The topological polar surface area (TPSA) is 59.8 Å². The number of pyridine rings is 1. The number of hydrogen-bond acceptors (Lipinski definition) is 4. The molecule has 0 unspecified atom stereocenters. The highest BCUT2D eigenvalue weighted by Crippen LogP contribution is 2.23. The number of amides is 1. The van der Waals surface area contributed by atoms with Gasteiger partial charge in [-0.2, -0.15) is 5.10 Å². The van der Waals surface area contributed by atoms with Gasteiger partial charge in [0.1, 0.15) is 0 Å². The van der Waals surface area contributed by atoms with E-state index in [2.05, 4.69) is 45.9 Å². The Bertz CT molecular complexity index is 1390. The molecule has 0 spiro atoms. The molecule has 5 rings (SSSR count). The van der Waals surface area contributed by atoms with E-state index in [1.54, 1.807) is 18.0 Å². The number of benzene rings is 3. The van der Waals surface area contributed by atoms with E-state index in [0.29, 0.717) is 17.9 Å². The smallest absolute Gasteiger partial charge is 0.276 e. The van der Waals surface area contributed by atoms with E-state index in [1.165, 1.54) is 4.90 Å². The number of nitrogens with one attached hydrogen (secondary N) is 1. The Hall–Kier alpha value is -3.64. The lowest BCUT2D eigenvalue weighted by atomic mass is 10.2. The van der Waals surface area contributed by atoms with E-state index in [4.69, 9.17) is 0 Å². The number of para-hydroxylation sites is 2. The molecule has 0 aliphatic heterocycles. The van der Waals surface area contributed by atoms with Crippen molar-refractivity contribution in [3.05, 3.63) is 96.3 Å². The molecule has 2 heterocycles. The number of carbonyl (C=O) groups is 1. The van der Waals surface area contributed by atoms with Crippen LogP contribution < -0.4 is 5.32 Å². The molecule has 0 aliphatic rings. The number of carbonyl (C=O) groups excluding carboxylic acids is 1. The Labute approximate surface area is 184 Å². The standard InChI is InChI=1S/C25H20N4OS/c1-31-20-12-10-17(11-13-20)16-29-23-9-5-3-7-21(23)24(28-29)25(30)27-19-14-18-6-2-4-8-22(18)26-15-19/h2-15H,16H2,1H3,(H,27,30). The minimum Gasteiger partial charge on any atom is -0.319 e. The van der Waals surface area contributed by atoms with Crippen LogP contribution >= 0.6 is 11.8 Å². The van der Waals surface area contributed by atoms with Crippen LogP contribution in [0.4, 0.5) is 5.69 Å². The predicted octanol–water partition coefficient (Wildman–Crippen LogP) is 5.61. The van der Waals surface area contributed by atoms with E-state index in [-0.39, 0.29) is 5.91 Å². The number of fused-ring (bicyclic) bond motifs is 2. The van der Waals surface area contributed by atoms with Gasteiger partial charge in [0.15, 0.2) is 5.69 Å². The Morgan fingerprint density at radius 2 is 1.77 bits per heavy atom. The van der Waals surface area contributed by atoms with Crippen LogP contribution in [0.25, 0.3) is 21.8 Å². The van der Waals surface area contributed by atoms with Crippen molar-refractivity contribution < 1.29 is 4.79 Å². The zero-order valence-electron chi connectivity index (χ0n) is 16.9. The predicted molar refractivity (Wildman–Crippen MR) is 127 cm³/mol. The molecule has 0 bridgehead atoms. The molecule has 0 saturated carbocycles. The summed E-state index contributed by atoms with van der Waals surface area (Å²) in [4.78, 5) is 18.7. The van der Waals surface area contributed by atoms with Crippen LogP contribution in [-0.2, 0) is 6.54 Å². The Kier molecular flexibility index (Phi) is 5.14. The van der Waals surface area contributed by atoms with Gasteiger partial charge >= 0.3 is 0 Å². The first-order valence-electron chi connectivity index (χ1n) is 9.96. The third kappa shape index (κ3) is 3.90. The molecule has 0 fully saturated rings. The molecular weight excluding hydrogens is 404 g/mol. The van der Waals surface area contributed by atoms with Gasteiger partial charge in [-0.15, -0.1) is 11.8 Å². The highest BCUT2D eigenvalue weighted by molar-refractivity contribution is 7.98. The molecule has 0 aliphatic carbocycles. The summed E-state index contributed by atoms with van der Waals surface area (Å²) < 4.78 is 1.89. The van der Waals surface area contributed by atoms with Gasteiger partial charge in [0, 0.05) is 15.7 Å². The average molecular weight is 425 g/mol. The normalized spacial score (nSPS) is 11.1. The van der Waals surface area contributed by atoms with E-state index < -0.39 is 0 Å². The second-order valence-corrected chi connectivity index (χ2v) is 8.12. The fraction of sp³-hybridized carbons (Fsp3) is 0.0800. The summed E-state index contributed by atoms with van der Waals surface area (Å²) in [5.74, 6) is -0.246. The quantitative estimate of drug-likeness (QED) is 0.373. The molecule has 5 aromatic rings. The summed E-state index contributed by atoms with van der Waals surface area (Å²) in [6.45, 7) is 0.597. The lowest BCUT2D eigenvalue weighted by Crippen LogP contribution is -2.14. The molecular formula is C25H20N4OS. The van der Waals surface area contributed by atoms with Gasteiger partial charge in [-0.3, -0.25) is 14.5 Å². The largest absolute Gasteiger partial charge is 0.319 e. The minimum atomic E-state index is -0.246. The minimum absolute atomic E-state index is 0.246. The maximum atomic E-state index is 13.1. The third-order valence-corrected chi connectivity index (χ3v) is 5.96. The van der Waals surface area contributed by atoms with Crippen molar-refractivity contribution in [3.63, 3.8) is 0 Å². The molecule has 5 nitrogen and oxygen atoms in total. The monoisotopic (exact) mass is 424 g/mol. The van der Waals surface area contributed by atoms with E-state index in [1.807, 2.05) is 59.3 Å². The molecule has 2 aromatic heterocycles. The molecule has 0 saturated heterocycles. The van der Waals surface area contributed by atoms with Gasteiger partial charge in [0.2, 0.25) is 0 Å². The first kappa shape index (κ1) is 19.3. The van der Waals surface area contributed by atoms with Crippen LogP contribution in [0.5, 0.6) is 0 Å². The van der Waals surface area contributed by atoms with Crippen molar-refractivity contribution in [2.24, 2.45) is 0 Å². The molecule has 31 heavy (non-hydrogen) atoms. The fourth-order valence-corrected chi connectivity index (χ4v) is 4.06. The molecule has 3 aromatic carbocycles. The zero-order chi connectivity index (χ0) is 21.2. The molecule has 0 radical (unpaired) electrons. The summed E-state index contributed by atoms with van der Waals surface area (Å²) in [6, 6.07) is 26.0. The second kappa shape index (κ2) is 8.24. The van der Waals surface area contributed by atoms with E-state index >= 15 is 0 Å². The van der Waals surface area contributed by atoms with Gasteiger partial charge in [-0.25, -0.2) is 0 Å². The van der Waals surface area contributed by atoms with Crippen molar-refractivity contribution >= 4 is 45.2 Å². The lowest BCUT2D eigenvalue weighted by molar-refractivity contribution is 0.102. The SMILES string of the molecule is CSc1ccc(Cn2nc(C(=O)Nc3cnc4ccccc4c3)c3ccccc32)cc1. The van der Waals surface area contributed by atoms with Gasteiger partial charge in [-0.1, -0.05) is 48.5 Å². The maximum Gasteiger partial charge on any atom is 0.276 e. The maximum absolute atomic E-state index is 13.1. The highest BCUT2D eigenvalue weighted by Gasteiger charge is 2.17. The third-order valence-electron chi connectivity index (χ3n) is 5.21. The molecule has 152 valence electrons. The average Bonchev–Trinajstić information content (AvgIpc) is 3.18. The van der Waals surface area contributed by atoms with E-state index in [0.717, 1.165) is 27.4 Å². The summed E-state index contributed by atoms with van der Waals surface area (Å²) in [6.07, 6.45) is 3.73. The molecule has 1 amide bonds. The lowest BCUT2D eigenvalue weighted by Gasteiger charge is -2.05. The van der Waals surface area contributed by atoms with Crippen LogP contribution in [-0.4, -0.2) is 26.9 Å². The van der Waals surface area contributed by atoms with Crippen LogP contribution in [0.2, 0.25) is 0 Å². The number of rotatable bonds is 5. The summed E-state index contributed by atoms with van der Waals surface area (Å²) in [5.41, 5.74) is 4.01. The highest BCUT2D eigenvalue weighted by atomic mass is 32.2. The molecule has 1 N–H and O–H groups in total. The van der Waals surface area contributed by atoms with Gasteiger partial charge in [0.05, 0.1) is 29.5 Å². The van der Waals surface area contributed by atoms with Crippen LogP contribution in [0.1, 0.15) is 16.1 Å². The number of thioether (sulfide) groups is 1. The fourth-order valence-electron chi connectivity index (χ4n) is 3.65. The Morgan fingerprint density at radius 3 is 2.61 bits per heavy atom. The van der Waals surface area contributed by atoms with Crippen LogP contribution in [0.15, 0.2) is 90.0 Å². The summed E-state index contributed by atoms with van der Waals surface area (Å²) in [7, 11) is 0. The van der Waals surface area contributed by atoms with Crippen molar-refractivity contribution in [2.45, 2.75) is 11.4 Å². The van der Waals surface area contributed by atoms with Crippen molar-refractivity contribution in [3.8, 4) is 0 Å². The van der Waals surface area contributed by atoms with Crippen LogP contribution in [0.3, 0.4) is 0 Å². The summed E-state index contributed by atoms with van der Waals surface area (Å²) in [5, 5.41) is 9.42. The van der Waals surface area contributed by atoms with Gasteiger partial charge in [-0.05, 0) is 42.2 Å². The second-order valence-electron chi connectivity index (χ2n) is 7.24.